The third-order valence-corrected chi connectivity index (χ3v) is 4.96. The highest BCUT2D eigenvalue weighted by Crippen LogP contribution is 2.32. The quantitative estimate of drug-likeness (QED) is 0.820. The van der Waals surface area contributed by atoms with E-state index in [1.54, 1.807) is 0 Å². The van der Waals surface area contributed by atoms with E-state index in [2.05, 4.69) is 18.7 Å². The molecular formula is C15H28N2O. The summed E-state index contributed by atoms with van der Waals surface area (Å²) in [5.74, 6) is 1.80. The molecule has 1 saturated heterocycles. The molecule has 1 amide bonds. The predicted molar refractivity (Wildman–Crippen MR) is 74.1 cm³/mol. The third-order valence-electron chi connectivity index (χ3n) is 4.96. The largest absolute Gasteiger partial charge is 0.342 e. The Hall–Kier alpha value is -0.570. The summed E-state index contributed by atoms with van der Waals surface area (Å²) in [6, 6.07) is 0.238. The van der Waals surface area contributed by atoms with Crippen LogP contribution in [0.5, 0.6) is 0 Å². The second kappa shape index (κ2) is 6.05. The van der Waals surface area contributed by atoms with E-state index in [9.17, 15) is 4.79 Å². The summed E-state index contributed by atoms with van der Waals surface area (Å²) in [5, 5.41) is 0. The van der Waals surface area contributed by atoms with Crippen molar-refractivity contribution in [3.05, 3.63) is 0 Å². The van der Waals surface area contributed by atoms with E-state index >= 15 is 0 Å². The molecule has 18 heavy (non-hydrogen) atoms. The van der Waals surface area contributed by atoms with Crippen LogP contribution in [0.4, 0.5) is 0 Å². The fourth-order valence-corrected chi connectivity index (χ4v) is 3.53. The van der Waals surface area contributed by atoms with Gasteiger partial charge in [-0.05, 0) is 43.9 Å². The Morgan fingerprint density at radius 1 is 1.33 bits per heavy atom. The molecule has 4 atom stereocenters. The smallest absolute Gasteiger partial charge is 0.226 e. The van der Waals surface area contributed by atoms with Crippen molar-refractivity contribution in [2.45, 2.75) is 58.4 Å². The van der Waals surface area contributed by atoms with Crippen molar-refractivity contribution in [3.63, 3.8) is 0 Å². The Labute approximate surface area is 111 Å². The fraction of sp³-hybridized carbons (Fsp3) is 0.933. The number of carbonyl (C=O) groups excluding carboxylic acids is 1. The molecule has 4 unspecified atom stereocenters. The lowest BCUT2D eigenvalue weighted by molar-refractivity contribution is -0.140. The number of hydrogen-bond acceptors (Lipinski definition) is 2. The molecule has 0 aromatic rings. The highest BCUT2D eigenvalue weighted by molar-refractivity contribution is 5.79. The zero-order chi connectivity index (χ0) is 13.1. The monoisotopic (exact) mass is 252 g/mol. The van der Waals surface area contributed by atoms with Gasteiger partial charge in [-0.2, -0.15) is 0 Å². The van der Waals surface area contributed by atoms with Crippen LogP contribution in [-0.2, 0) is 4.79 Å². The number of nitrogens with two attached hydrogens (primary N) is 1. The van der Waals surface area contributed by atoms with Gasteiger partial charge in [-0.15, -0.1) is 0 Å². The summed E-state index contributed by atoms with van der Waals surface area (Å²) in [6.45, 7) is 6.40. The Morgan fingerprint density at radius 3 is 2.83 bits per heavy atom. The maximum absolute atomic E-state index is 12.6. The maximum atomic E-state index is 12.6. The number of nitrogens with zero attached hydrogens (tertiary/aromatic N) is 1. The van der Waals surface area contributed by atoms with Crippen molar-refractivity contribution >= 4 is 5.91 Å². The van der Waals surface area contributed by atoms with Gasteiger partial charge in [0.2, 0.25) is 5.91 Å². The van der Waals surface area contributed by atoms with Gasteiger partial charge in [-0.1, -0.05) is 20.3 Å². The van der Waals surface area contributed by atoms with Crippen LogP contribution in [0.3, 0.4) is 0 Å². The topological polar surface area (TPSA) is 46.3 Å². The van der Waals surface area contributed by atoms with Gasteiger partial charge >= 0.3 is 0 Å². The molecule has 2 fully saturated rings. The molecule has 0 spiro atoms. The third kappa shape index (κ3) is 3.05. The predicted octanol–water partition coefficient (Wildman–Crippen LogP) is 2.40. The average Bonchev–Trinajstić information content (AvgIpc) is 2.41. The van der Waals surface area contributed by atoms with E-state index < -0.39 is 0 Å². The van der Waals surface area contributed by atoms with Crippen LogP contribution in [0.25, 0.3) is 0 Å². The number of carbonyl (C=O) groups is 1. The van der Waals surface area contributed by atoms with Crippen LogP contribution in [-0.4, -0.2) is 29.9 Å². The molecule has 1 saturated carbocycles. The molecule has 104 valence electrons. The van der Waals surface area contributed by atoms with E-state index in [0.29, 0.717) is 11.8 Å². The van der Waals surface area contributed by atoms with E-state index in [1.807, 2.05) is 0 Å². The van der Waals surface area contributed by atoms with Crippen LogP contribution >= 0.6 is 0 Å². The van der Waals surface area contributed by atoms with E-state index in [0.717, 1.165) is 38.3 Å². The number of rotatable bonds is 2. The first kappa shape index (κ1) is 13.9. The lowest BCUT2D eigenvalue weighted by Gasteiger charge is -2.38. The minimum atomic E-state index is 0.185. The van der Waals surface area contributed by atoms with Crippen molar-refractivity contribution in [1.82, 2.24) is 4.90 Å². The molecule has 2 aliphatic rings. The molecule has 2 rings (SSSR count). The van der Waals surface area contributed by atoms with Crippen LogP contribution in [0.15, 0.2) is 0 Å². The molecule has 1 aliphatic heterocycles. The van der Waals surface area contributed by atoms with Crippen LogP contribution in [0.1, 0.15) is 52.4 Å². The van der Waals surface area contributed by atoms with Crippen LogP contribution in [0, 0.1) is 17.8 Å². The average molecular weight is 252 g/mol. The number of hydrogen-bond donors (Lipinski definition) is 1. The van der Waals surface area contributed by atoms with Crippen molar-refractivity contribution in [2.75, 3.05) is 13.1 Å². The highest BCUT2D eigenvalue weighted by Gasteiger charge is 2.35. The maximum Gasteiger partial charge on any atom is 0.226 e. The van der Waals surface area contributed by atoms with Crippen LogP contribution in [0.2, 0.25) is 0 Å². The Morgan fingerprint density at radius 2 is 2.11 bits per heavy atom. The summed E-state index contributed by atoms with van der Waals surface area (Å²) in [7, 11) is 0. The van der Waals surface area contributed by atoms with Crippen LogP contribution < -0.4 is 5.73 Å². The normalized spacial score (nSPS) is 37.6. The minimum absolute atomic E-state index is 0.185. The lowest BCUT2D eigenvalue weighted by atomic mass is 9.77. The Kier molecular flexibility index (Phi) is 4.66. The molecule has 0 aromatic heterocycles. The molecule has 1 aliphatic carbocycles. The van der Waals surface area contributed by atoms with Gasteiger partial charge in [0.15, 0.2) is 0 Å². The van der Waals surface area contributed by atoms with Gasteiger partial charge in [0.1, 0.15) is 0 Å². The van der Waals surface area contributed by atoms with Gasteiger partial charge in [-0.3, -0.25) is 4.79 Å². The highest BCUT2D eigenvalue weighted by atomic mass is 16.2. The first-order valence-corrected chi connectivity index (χ1v) is 7.66. The number of likely N-dealkylation sites (tertiary alicyclic amines) is 1. The summed E-state index contributed by atoms with van der Waals surface area (Å²) in [4.78, 5) is 14.8. The second-order valence-electron chi connectivity index (χ2n) is 6.36. The van der Waals surface area contributed by atoms with Gasteiger partial charge in [0.05, 0.1) is 0 Å². The molecule has 1 heterocycles. The summed E-state index contributed by atoms with van der Waals surface area (Å²) in [5.41, 5.74) is 6.04. The summed E-state index contributed by atoms with van der Waals surface area (Å²) < 4.78 is 0. The van der Waals surface area contributed by atoms with E-state index in [1.165, 1.54) is 19.3 Å². The molecule has 2 N–H and O–H groups in total. The summed E-state index contributed by atoms with van der Waals surface area (Å²) >= 11 is 0. The number of piperidine rings is 1. The standard InChI is InChI=1S/C15H28N2O/c1-3-12-5-4-8-17(10-12)15(18)14-9-13(16)7-6-11(14)2/h11-14H,3-10,16H2,1-2H3. The van der Waals surface area contributed by atoms with Crippen molar-refractivity contribution in [1.29, 1.82) is 0 Å². The lowest BCUT2D eigenvalue weighted by Crippen LogP contribution is -2.47. The van der Waals surface area contributed by atoms with E-state index in [-0.39, 0.29) is 12.0 Å². The van der Waals surface area contributed by atoms with Gasteiger partial charge in [0.25, 0.3) is 0 Å². The Bertz CT molecular complexity index is 292. The van der Waals surface area contributed by atoms with Crippen molar-refractivity contribution in [3.8, 4) is 0 Å². The first-order chi connectivity index (χ1) is 8.61. The van der Waals surface area contributed by atoms with Gasteiger partial charge in [-0.25, -0.2) is 0 Å². The molecule has 0 radical (unpaired) electrons. The summed E-state index contributed by atoms with van der Waals surface area (Å²) in [6.07, 6.45) is 6.76. The Balaban J connectivity index is 1.96. The molecule has 0 bridgehead atoms. The van der Waals surface area contributed by atoms with Gasteiger partial charge < -0.3 is 10.6 Å². The zero-order valence-corrected chi connectivity index (χ0v) is 11.9. The molecule has 3 heteroatoms. The molecule has 3 nitrogen and oxygen atoms in total. The van der Waals surface area contributed by atoms with E-state index in [4.69, 9.17) is 5.73 Å². The van der Waals surface area contributed by atoms with Gasteiger partial charge in [0, 0.05) is 25.0 Å². The zero-order valence-electron chi connectivity index (χ0n) is 11.9. The first-order valence-electron chi connectivity index (χ1n) is 7.66. The molecule has 0 aromatic carbocycles. The number of amides is 1. The fourth-order valence-electron chi connectivity index (χ4n) is 3.53. The second-order valence-corrected chi connectivity index (χ2v) is 6.36. The SMILES string of the molecule is CCC1CCCN(C(=O)C2CC(N)CCC2C)C1. The minimum Gasteiger partial charge on any atom is -0.342 e. The van der Waals surface area contributed by atoms with Crippen molar-refractivity contribution in [2.24, 2.45) is 23.5 Å². The molecular weight excluding hydrogens is 224 g/mol. The van der Waals surface area contributed by atoms with Crippen molar-refractivity contribution < 1.29 is 4.79 Å².